The first-order valence-corrected chi connectivity index (χ1v) is 8.74. The lowest BCUT2D eigenvalue weighted by atomic mass is 9.97. The fourth-order valence-electron chi connectivity index (χ4n) is 2.91. The van der Waals surface area contributed by atoms with Gasteiger partial charge in [0.1, 0.15) is 5.78 Å². The Balaban J connectivity index is 1.44. The molecule has 1 aliphatic rings. The summed E-state index contributed by atoms with van der Waals surface area (Å²) in [6.45, 7) is 0. The monoisotopic (exact) mass is 330 g/mol. The summed E-state index contributed by atoms with van der Waals surface area (Å²) in [4.78, 5) is 12.1. The van der Waals surface area contributed by atoms with E-state index < -0.39 is 0 Å². The molecule has 3 nitrogen and oxygen atoms in total. The third-order valence-electron chi connectivity index (χ3n) is 4.61. The zero-order valence-corrected chi connectivity index (χ0v) is 14.3. The van der Waals surface area contributed by atoms with E-state index in [9.17, 15) is 4.79 Å². The van der Waals surface area contributed by atoms with E-state index in [1.54, 1.807) is 0 Å². The second kappa shape index (κ2) is 7.90. The van der Waals surface area contributed by atoms with Crippen molar-refractivity contribution in [2.45, 2.75) is 44.2 Å². The van der Waals surface area contributed by atoms with E-state index in [0.29, 0.717) is 25.7 Å². The van der Waals surface area contributed by atoms with E-state index in [2.05, 4.69) is 52.5 Å². The predicted octanol–water partition coefficient (Wildman–Crippen LogP) is 5.21. The van der Waals surface area contributed by atoms with Crippen molar-refractivity contribution < 1.29 is 4.79 Å². The van der Waals surface area contributed by atoms with Gasteiger partial charge in [-0.25, -0.2) is 0 Å². The van der Waals surface area contributed by atoms with Crippen LogP contribution >= 0.6 is 0 Å². The minimum atomic E-state index is -0.348. The van der Waals surface area contributed by atoms with Crippen LogP contribution < -0.4 is 0 Å². The van der Waals surface area contributed by atoms with E-state index in [1.807, 2.05) is 18.2 Å². The number of nitrogens with zero attached hydrogens (tertiary/aromatic N) is 2. The number of aryl methyl sites for hydroxylation is 1. The molecule has 0 atom stereocenters. The van der Waals surface area contributed by atoms with Gasteiger partial charge in [-0.1, -0.05) is 54.6 Å². The maximum Gasteiger partial charge on any atom is 0.192 e. The van der Waals surface area contributed by atoms with E-state index in [1.165, 1.54) is 16.7 Å². The maximum atomic E-state index is 12.1. The van der Waals surface area contributed by atoms with Crippen LogP contribution in [0.2, 0.25) is 0 Å². The molecule has 2 aromatic rings. The molecule has 0 N–H and O–H groups in total. The number of terminal acetylenes is 1. The molecule has 0 saturated carbocycles. The summed E-state index contributed by atoms with van der Waals surface area (Å²) in [5.74, 6) is 2.88. The second-order valence-electron chi connectivity index (χ2n) is 6.49. The van der Waals surface area contributed by atoms with Gasteiger partial charge in [0.2, 0.25) is 0 Å². The molecular formula is C22H22N2O. The molecule has 0 aliphatic carbocycles. The third-order valence-corrected chi connectivity index (χ3v) is 4.61. The molecule has 0 bridgehead atoms. The topological polar surface area (TPSA) is 41.8 Å². The van der Waals surface area contributed by atoms with Crippen LogP contribution in [0, 0.1) is 12.3 Å². The fourth-order valence-corrected chi connectivity index (χ4v) is 2.91. The molecule has 0 unspecified atom stereocenters. The molecule has 25 heavy (non-hydrogen) atoms. The largest absolute Gasteiger partial charge is 0.300 e. The van der Waals surface area contributed by atoms with Crippen molar-refractivity contribution in [3.8, 4) is 23.5 Å². The van der Waals surface area contributed by atoms with Gasteiger partial charge in [-0.15, -0.1) is 12.3 Å². The average Bonchev–Trinajstić information content (AvgIpc) is 3.44. The van der Waals surface area contributed by atoms with Gasteiger partial charge in [0.05, 0.1) is 0 Å². The SMILES string of the molecule is C#CCCC1(CCC(=O)CCc2ccc(-c3ccccc3)cc2)N=N1. The molecule has 0 saturated heterocycles. The molecule has 126 valence electrons. The first-order chi connectivity index (χ1) is 12.2. The Hall–Kier alpha value is -2.73. The van der Waals surface area contributed by atoms with Crippen LogP contribution in [-0.4, -0.2) is 11.4 Å². The zero-order valence-electron chi connectivity index (χ0n) is 14.3. The summed E-state index contributed by atoms with van der Waals surface area (Å²) in [7, 11) is 0. The molecule has 0 radical (unpaired) electrons. The van der Waals surface area contributed by atoms with E-state index in [4.69, 9.17) is 6.42 Å². The average molecular weight is 330 g/mol. The third kappa shape index (κ3) is 4.87. The normalized spacial score (nSPS) is 14.0. The lowest BCUT2D eigenvalue weighted by Crippen LogP contribution is -2.13. The maximum absolute atomic E-state index is 12.1. The highest BCUT2D eigenvalue weighted by atomic mass is 16.1. The summed E-state index contributed by atoms with van der Waals surface area (Å²) in [6, 6.07) is 18.7. The zero-order chi connectivity index (χ0) is 17.5. The van der Waals surface area contributed by atoms with Gasteiger partial charge >= 0.3 is 0 Å². The summed E-state index contributed by atoms with van der Waals surface area (Å²) >= 11 is 0. The number of carbonyl (C=O) groups is 1. The molecule has 0 fully saturated rings. The summed E-state index contributed by atoms with van der Waals surface area (Å²) in [5.41, 5.74) is 3.25. The first kappa shape index (κ1) is 17.1. The Morgan fingerprint density at radius 1 is 0.920 bits per heavy atom. The van der Waals surface area contributed by atoms with Gasteiger partial charge in [0.25, 0.3) is 0 Å². The second-order valence-corrected chi connectivity index (χ2v) is 6.49. The minimum Gasteiger partial charge on any atom is -0.300 e. The smallest absolute Gasteiger partial charge is 0.192 e. The van der Waals surface area contributed by atoms with Crippen LogP contribution in [-0.2, 0) is 11.2 Å². The Kier molecular flexibility index (Phi) is 5.40. The number of rotatable bonds is 9. The van der Waals surface area contributed by atoms with Gasteiger partial charge < -0.3 is 0 Å². The van der Waals surface area contributed by atoms with Crippen LogP contribution in [0.3, 0.4) is 0 Å². The Morgan fingerprint density at radius 2 is 1.60 bits per heavy atom. The summed E-state index contributed by atoms with van der Waals surface area (Å²) in [5, 5.41) is 8.15. The van der Waals surface area contributed by atoms with Gasteiger partial charge in [-0.05, 0) is 23.1 Å². The molecule has 1 aliphatic heterocycles. The predicted molar refractivity (Wildman–Crippen MR) is 100 cm³/mol. The Morgan fingerprint density at radius 3 is 2.24 bits per heavy atom. The molecule has 0 amide bonds. The standard InChI is InChI=1S/C22H22N2O/c1-2-3-16-22(23-24-22)17-15-21(25)14-11-18-9-12-20(13-10-18)19-7-5-4-6-8-19/h1,4-10,12-13H,3,11,14-17H2. The number of Topliss-reactive ketones (excluding diaryl/α,β-unsaturated/α-hetero) is 1. The molecular weight excluding hydrogens is 308 g/mol. The number of ketones is 1. The van der Waals surface area contributed by atoms with Crippen molar-refractivity contribution in [3.05, 3.63) is 60.2 Å². The van der Waals surface area contributed by atoms with Crippen molar-refractivity contribution in [2.24, 2.45) is 10.2 Å². The van der Waals surface area contributed by atoms with Crippen molar-refractivity contribution in [1.29, 1.82) is 0 Å². The highest BCUT2D eigenvalue weighted by molar-refractivity contribution is 5.78. The number of carbonyl (C=O) groups excluding carboxylic acids is 1. The lowest BCUT2D eigenvalue weighted by molar-refractivity contribution is -0.119. The van der Waals surface area contributed by atoms with E-state index >= 15 is 0 Å². The van der Waals surface area contributed by atoms with E-state index in [0.717, 1.165) is 12.8 Å². The molecule has 0 spiro atoms. The van der Waals surface area contributed by atoms with E-state index in [-0.39, 0.29) is 11.4 Å². The first-order valence-electron chi connectivity index (χ1n) is 8.74. The van der Waals surface area contributed by atoms with Gasteiger partial charge in [-0.2, -0.15) is 10.2 Å². The van der Waals surface area contributed by atoms with Crippen LogP contribution in [0.25, 0.3) is 11.1 Å². The molecule has 3 rings (SSSR count). The highest BCUT2D eigenvalue weighted by Crippen LogP contribution is 2.37. The number of hydrogen-bond acceptors (Lipinski definition) is 3. The summed E-state index contributed by atoms with van der Waals surface area (Å²) < 4.78 is 0. The number of benzene rings is 2. The van der Waals surface area contributed by atoms with Crippen molar-refractivity contribution in [1.82, 2.24) is 0 Å². The van der Waals surface area contributed by atoms with Crippen LogP contribution in [0.4, 0.5) is 0 Å². The van der Waals surface area contributed by atoms with Gasteiger partial charge in [0, 0.05) is 32.1 Å². The van der Waals surface area contributed by atoms with Gasteiger partial charge in [0.15, 0.2) is 5.66 Å². The molecule has 3 heteroatoms. The Bertz CT molecular complexity index is 779. The summed E-state index contributed by atoms with van der Waals surface area (Å²) in [6.07, 6.45) is 9.27. The highest BCUT2D eigenvalue weighted by Gasteiger charge is 2.39. The molecule has 0 aromatic heterocycles. The molecule has 1 heterocycles. The van der Waals surface area contributed by atoms with Crippen LogP contribution in [0.1, 0.15) is 37.7 Å². The quantitative estimate of drug-likeness (QED) is 0.582. The van der Waals surface area contributed by atoms with Crippen molar-refractivity contribution in [2.75, 3.05) is 0 Å². The lowest BCUT2D eigenvalue weighted by Gasteiger charge is -2.08. The number of hydrogen-bond donors (Lipinski definition) is 0. The van der Waals surface area contributed by atoms with Crippen LogP contribution in [0.5, 0.6) is 0 Å². The van der Waals surface area contributed by atoms with Gasteiger partial charge in [-0.3, -0.25) is 4.79 Å². The minimum absolute atomic E-state index is 0.268. The Labute approximate surface area is 149 Å². The van der Waals surface area contributed by atoms with Crippen molar-refractivity contribution in [3.63, 3.8) is 0 Å². The fraction of sp³-hybridized carbons (Fsp3) is 0.318. The van der Waals surface area contributed by atoms with Crippen LogP contribution in [0.15, 0.2) is 64.8 Å². The van der Waals surface area contributed by atoms with Crippen molar-refractivity contribution >= 4 is 5.78 Å². The molecule has 2 aromatic carbocycles.